The topological polar surface area (TPSA) is 60.9 Å². The van der Waals surface area contributed by atoms with E-state index in [0.717, 1.165) is 17.7 Å². The molecule has 22 heavy (non-hydrogen) atoms. The van der Waals surface area contributed by atoms with Gasteiger partial charge in [0.1, 0.15) is 0 Å². The minimum atomic E-state index is -0.420. The van der Waals surface area contributed by atoms with Crippen LogP contribution in [0.5, 0.6) is 0 Å². The Bertz CT molecular complexity index is 686. The van der Waals surface area contributed by atoms with Gasteiger partial charge in [-0.2, -0.15) is 5.10 Å². The van der Waals surface area contributed by atoms with Crippen LogP contribution in [0.4, 0.5) is 0 Å². The Morgan fingerprint density at radius 1 is 1.18 bits per heavy atom. The van der Waals surface area contributed by atoms with Crippen molar-refractivity contribution in [3.8, 4) is 0 Å². The van der Waals surface area contributed by atoms with Gasteiger partial charge in [0.05, 0.1) is 11.7 Å². The van der Waals surface area contributed by atoms with Crippen LogP contribution in [0.3, 0.4) is 0 Å². The quantitative estimate of drug-likeness (QED) is 0.923. The molecule has 0 amide bonds. The Morgan fingerprint density at radius 2 is 1.82 bits per heavy atom. The third-order valence-electron chi connectivity index (χ3n) is 3.99. The van der Waals surface area contributed by atoms with Gasteiger partial charge in [0.2, 0.25) is 0 Å². The minimum Gasteiger partial charge on any atom is -0.320 e. The number of benzene rings is 1. The molecule has 1 unspecified atom stereocenters. The third kappa shape index (κ3) is 3.28. The van der Waals surface area contributed by atoms with Crippen LogP contribution in [0.2, 0.25) is 0 Å². The number of nitrogens with two attached hydrogens (primary N) is 1. The monoisotopic (exact) mass is 299 g/mol. The summed E-state index contributed by atoms with van der Waals surface area (Å²) < 4.78 is 1.50. The Hall–Kier alpha value is -1.94. The van der Waals surface area contributed by atoms with Gasteiger partial charge in [0.15, 0.2) is 0 Å². The van der Waals surface area contributed by atoms with Gasteiger partial charge in [-0.15, -0.1) is 0 Å². The van der Waals surface area contributed by atoms with Crippen LogP contribution in [-0.4, -0.2) is 9.78 Å². The van der Waals surface area contributed by atoms with Crippen molar-refractivity contribution in [3.05, 3.63) is 63.1 Å². The first kappa shape index (κ1) is 16.4. The summed E-state index contributed by atoms with van der Waals surface area (Å²) in [6.07, 6.45) is 0.991. The van der Waals surface area contributed by atoms with E-state index >= 15 is 0 Å². The first-order valence-electron chi connectivity index (χ1n) is 7.94. The molecular weight excluding hydrogens is 274 g/mol. The van der Waals surface area contributed by atoms with Gasteiger partial charge in [-0.05, 0) is 36.5 Å². The lowest BCUT2D eigenvalue weighted by atomic mass is 9.97. The molecule has 0 fully saturated rings. The van der Waals surface area contributed by atoms with Crippen LogP contribution < -0.4 is 11.3 Å². The molecule has 0 saturated carbocycles. The molecule has 0 spiro atoms. The van der Waals surface area contributed by atoms with Crippen LogP contribution in [0.25, 0.3) is 0 Å². The molecule has 1 heterocycles. The predicted octanol–water partition coefficient (Wildman–Crippen LogP) is 3.00. The van der Waals surface area contributed by atoms with E-state index in [9.17, 15) is 4.79 Å². The van der Waals surface area contributed by atoms with E-state index in [1.54, 1.807) is 0 Å². The molecule has 2 N–H and O–H groups in total. The molecular formula is C18H25N3O. The normalized spacial score (nSPS) is 12.6. The second kappa shape index (κ2) is 6.88. The van der Waals surface area contributed by atoms with E-state index in [1.807, 2.05) is 25.1 Å². The van der Waals surface area contributed by atoms with Crippen molar-refractivity contribution in [1.82, 2.24) is 9.78 Å². The maximum atomic E-state index is 12.5. The van der Waals surface area contributed by atoms with Crippen LogP contribution in [0, 0.1) is 0 Å². The predicted molar refractivity (Wildman–Crippen MR) is 90.1 cm³/mol. The summed E-state index contributed by atoms with van der Waals surface area (Å²) in [4.78, 5) is 12.5. The molecule has 4 nitrogen and oxygen atoms in total. The highest BCUT2D eigenvalue weighted by atomic mass is 16.1. The van der Waals surface area contributed by atoms with Gasteiger partial charge in [0.25, 0.3) is 5.56 Å². The summed E-state index contributed by atoms with van der Waals surface area (Å²) in [7, 11) is 0. The fourth-order valence-corrected chi connectivity index (χ4v) is 2.44. The van der Waals surface area contributed by atoms with Crippen molar-refractivity contribution in [2.45, 2.75) is 52.6 Å². The lowest BCUT2D eigenvalue weighted by Gasteiger charge is -2.16. The molecule has 0 aliphatic heterocycles. The van der Waals surface area contributed by atoms with E-state index in [0.29, 0.717) is 12.1 Å². The summed E-state index contributed by atoms with van der Waals surface area (Å²) in [5.41, 5.74) is 10.00. The molecule has 0 aliphatic rings. The van der Waals surface area contributed by atoms with E-state index in [4.69, 9.17) is 5.73 Å². The summed E-state index contributed by atoms with van der Waals surface area (Å²) in [5.74, 6) is 0.256. The first-order valence-corrected chi connectivity index (χ1v) is 7.94. The number of aromatic nitrogens is 2. The highest BCUT2D eigenvalue weighted by Crippen LogP contribution is 2.20. The fraction of sp³-hybridized carbons (Fsp3) is 0.444. The molecule has 118 valence electrons. The Kier molecular flexibility index (Phi) is 5.14. The average molecular weight is 299 g/mol. The average Bonchev–Trinajstić information content (AvgIpc) is 2.54. The van der Waals surface area contributed by atoms with Gasteiger partial charge in [-0.3, -0.25) is 4.79 Å². The molecule has 2 aromatic rings. The van der Waals surface area contributed by atoms with Crippen molar-refractivity contribution in [3.63, 3.8) is 0 Å². The van der Waals surface area contributed by atoms with E-state index in [1.165, 1.54) is 10.2 Å². The second-order valence-corrected chi connectivity index (χ2v) is 5.87. The number of hydrogen-bond acceptors (Lipinski definition) is 3. The van der Waals surface area contributed by atoms with E-state index in [-0.39, 0.29) is 11.5 Å². The standard InChI is InChI=1S/C18H25N3O/c1-5-13-7-9-14(10-8-13)17(19)15-11-16(12(3)4)20-21(6-2)18(15)22/h7-12,17H,5-6,19H2,1-4H3. The lowest BCUT2D eigenvalue weighted by molar-refractivity contribution is 0.572. The van der Waals surface area contributed by atoms with Crippen molar-refractivity contribution in [2.24, 2.45) is 5.73 Å². The van der Waals surface area contributed by atoms with E-state index in [2.05, 4.69) is 38.0 Å². The van der Waals surface area contributed by atoms with Crippen LogP contribution in [0.1, 0.15) is 62.0 Å². The SMILES string of the molecule is CCc1ccc(C(N)c2cc(C(C)C)nn(CC)c2=O)cc1. The molecule has 1 atom stereocenters. The Labute approximate surface area is 132 Å². The summed E-state index contributed by atoms with van der Waals surface area (Å²) in [5, 5.41) is 4.40. The summed E-state index contributed by atoms with van der Waals surface area (Å²) in [6, 6.07) is 9.59. The second-order valence-electron chi connectivity index (χ2n) is 5.87. The van der Waals surface area contributed by atoms with Gasteiger partial charge < -0.3 is 5.73 Å². The molecule has 2 rings (SSSR count). The van der Waals surface area contributed by atoms with Crippen molar-refractivity contribution < 1.29 is 0 Å². The minimum absolute atomic E-state index is 0.0982. The number of nitrogens with zero attached hydrogens (tertiary/aromatic N) is 2. The highest BCUT2D eigenvalue weighted by molar-refractivity contribution is 5.33. The summed E-state index contributed by atoms with van der Waals surface area (Å²) in [6.45, 7) is 8.72. The Balaban J connectivity index is 2.49. The third-order valence-corrected chi connectivity index (χ3v) is 3.99. The molecule has 1 aromatic heterocycles. The maximum Gasteiger partial charge on any atom is 0.271 e. The highest BCUT2D eigenvalue weighted by Gasteiger charge is 2.17. The van der Waals surface area contributed by atoms with E-state index < -0.39 is 6.04 Å². The number of aryl methyl sites for hydroxylation is 2. The van der Waals surface area contributed by atoms with Crippen LogP contribution >= 0.6 is 0 Å². The Morgan fingerprint density at radius 3 is 2.32 bits per heavy atom. The molecule has 0 radical (unpaired) electrons. The smallest absolute Gasteiger partial charge is 0.271 e. The zero-order valence-corrected chi connectivity index (χ0v) is 13.8. The summed E-state index contributed by atoms with van der Waals surface area (Å²) >= 11 is 0. The van der Waals surface area contributed by atoms with Crippen LogP contribution in [-0.2, 0) is 13.0 Å². The maximum absolute atomic E-state index is 12.5. The zero-order valence-electron chi connectivity index (χ0n) is 13.8. The number of hydrogen-bond donors (Lipinski definition) is 1. The molecule has 4 heteroatoms. The molecule has 0 aliphatic carbocycles. The van der Waals surface area contributed by atoms with Crippen molar-refractivity contribution >= 4 is 0 Å². The zero-order chi connectivity index (χ0) is 16.3. The van der Waals surface area contributed by atoms with Gasteiger partial charge in [-0.1, -0.05) is 45.0 Å². The molecule has 1 aromatic carbocycles. The molecule has 0 bridgehead atoms. The van der Waals surface area contributed by atoms with Gasteiger partial charge >= 0.3 is 0 Å². The van der Waals surface area contributed by atoms with Crippen molar-refractivity contribution in [2.75, 3.05) is 0 Å². The van der Waals surface area contributed by atoms with Gasteiger partial charge in [0, 0.05) is 12.1 Å². The van der Waals surface area contributed by atoms with Crippen molar-refractivity contribution in [1.29, 1.82) is 0 Å². The van der Waals surface area contributed by atoms with Crippen LogP contribution in [0.15, 0.2) is 35.1 Å². The molecule has 0 saturated heterocycles. The first-order chi connectivity index (χ1) is 10.5. The lowest BCUT2D eigenvalue weighted by Crippen LogP contribution is -2.31. The number of rotatable bonds is 5. The fourth-order valence-electron chi connectivity index (χ4n) is 2.44. The largest absolute Gasteiger partial charge is 0.320 e. The van der Waals surface area contributed by atoms with Gasteiger partial charge in [-0.25, -0.2) is 4.68 Å².